The molecule has 0 aliphatic carbocycles. The molecule has 0 radical (unpaired) electrons. The van der Waals surface area contributed by atoms with Crippen LogP contribution in [0.5, 0.6) is 11.5 Å². The fourth-order valence-corrected chi connectivity index (χ4v) is 3.80. The lowest BCUT2D eigenvalue weighted by Crippen LogP contribution is -1.99. The lowest BCUT2D eigenvalue weighted by atomic mass is 10.3. The van der Waals surface area contributed by atoms with Crippen LogP contribution in [0.15, 0.2) is 35.2 Å². The number of Topliss-reactive ketones (excluding diaryl/α,β-unsaturated/α-hetero) is 1. The van der Waals surface area contributed by atoms with Crippen LogP contribution in [0, 0.1) is 0 Å². The van der Waals surface area contributed by atoms with E-state index in [2.05, 4.69) is 0 Å². The van der Waals surface area contributed by atoms with E-state index in [0.29, 0.717) is 28.2 Å². The topological polar surface area (TPSA) is 35.5 Å². The maximum Gasteiger partial charge on any atom is 0.183 e. The molecule has 1 aromatic carbocycles. The molecule has 1 aliphatic rings. The SMILES string of the molecule is O=C(CSc1ccc2c(c1)OCCCO2)c1ccc(Cl)s1. The quantitative estimate of drug-likeness (QED) is 0.604. The molecular weight excluding hydrogens is 328 g/mol. The van der Waals surface area contributed by atoms with Crippen molar-refractivity contribution in [1.82, 2.24) is 0 Å². The van der Waals surface area contributed by atoms with Gasteiger partial charge in [0, 0.05) is 11.3 Å². The van der Waals surface area contributed by atoms with Gasteiger partial charge in [-0.3, -0.25) is 4.79 Å². The van der Waals surface area contributed by atoms with Crippen molar-refractivity contribution in [2.75, 3.05) is 19.0 Å². The Kier molecular flexibility index (Phi) is 4.73. The minimum atomic E-state index is 0.0870. The van der Waals surface area contributed by atoms with Crippen molar-refractivity contribution in [1.29, 1.82) is 0 Å². The van der Waals surface area contributed by atoms with Gasteiger partial charge in [-0.1, -0.05) is 11.6 Å². The predicted octanol–water partition coefficient (Wildman–Crippen LogP) is 4.54. The summed E-state index contributed by atoms with van der Waals surface area (Å²) in [5.74, 6) is 2.00. The number of ether oxygens (including phenoxy) is 2. The lowest BCUT2D eigenvalue weighted by molar-refractivity contribution is 0.102. The number of carbonyl (C=O) groups excluding carboxylic acids is 1. The molecule has 0 unspecified atom stereocenters. The summed E-state index contributed by atoms with van der Waals surface area (Å²) in [4.78, 5) is 13.7. The van der Waals surface area contributed by atoms with E-state index in [9.17, 15) is 4.79 Å². The maximum atomic E-state index is 12.1. The van der Waals surface area contributed by atoms with Gasteiger partial charge in [-0.2, -0.15) is 0 Å². The Balaban J connectivity index is 1.65. The van der Waals surface area contributed by atoms with Crippen molar-refractivity contribution >= 4 is 40.5 Å². The van der Waals surface area contributed by atoms with Gasteiger partial charge in [-0.15, -0.1) is 23.1 Å². The Morgan fingerprint density at radius 3 is 2.76 bits per heavy atom. The average Bonchev–Trinajstić information content (AvgIpc) is 2.79. The number of ketones is 1. The van der Waals surface area contributed by atoms with E-state index in [-0.39, 0.29) is 5.78 Å². The first-order valence-corrected chi connectivity index (χ1v) is 8.71. The molecule has 0 spiro atoms. The van der Waals surface area contributed by atoms with Gasteiger partial charge in [0.1, 0.15) is 0 Å². The van der Waals surface area contributed by atoms with E-state index in [1.807, 2.05) is 18.2 Å². The molecule has 3 nitrogen and oxygen atoms in total. The molecule has 0 fully saturated rings. The second-order valence-electron chi connectivity index (χ2n) is 4.47. The highest BCUT2D eigenvalue weighted by Crippen LogP contribution is 2.34. The normalized spacial score (nSPS) is 13.8. The largest absolute Gasteiger partial charge is 0.490 e. The third-order valence-electron chi connectivity index (χ3n) is 2.94. The van der Waals surface area contributed by atoms with Crippen molar-refractivity contribution < 1.29 is 14.3 Å². The number of hydrogen-bond donors (Lipinski definition) is 0. The number of fused-ring (bicyclic) bond motifs is 1. The molecule has 0 bridgehead atoms. The van der Waals surface area contributed by atoms with Crippen LogP contribution in [0.1, 0.15) is 16.1 Å². The molecule has 0 saturated heterocycles. The minimum Gasteiger partial charge on any atom is -0.490 e. The molecule has 21 heavy (non-hydrogen) atoms. The van der Waals surface area contributed by atoms with E-state index in [4.69, 9.17) is 21.1 Å². The van der Waals surface area contributed by atoms with Gasteiger partial charge in [0.15, 0.2) is 17.3 Å². The summed E-state index contributed by atoms with van der Waals surface area (Å²) in [7, 11) is 0. The Labute approximate surface area is 136 Å². The van der Waals surface area contributed by atoms with Gasteiger partial charge in [0.25, 0.3) is 0 Å². The average molecular weight is 341 g/mol. The molecule has 1 aliphatic heterocycles. The zero-order chi connectivity index (χ0) is 14.7. The van der Waals surface area contributed by atoms with Crippen molar-refractivity contribution in [3.8, 4) is 11.5 Å². The number of hydrogen-bond acceptors (Lipinski definition) is 5. The van der Waals surface area contributed by atoms with Crippen LogP contribution in [-0.2, 0) is 0 Å². The zero-order valence-corrected chi connectivity index (χ0v) is 13.5. The van der Waals surface area contributed by atoms with Crippen molar-refractivity contribution in [2.45, 2.75) is 11.3 Å². The first-order valence-electron chi connectivity index (χ1n) is 6.53. The number of thiophene rings is 1. The third kappa shape index (κ3) is 3.73. The summed E-state index contributed by atoms with van der Waals surface area (Å²) in [6.45, 7) is 1.34. The second-order valence-corrected chi connectivity index (χ2v) is 7.24. The number of carbonyl (C=O) groups is 1. The highest BCUT2D eigenvalue weighted by molar-refractivity contribution is 8.00. The van der Waals surface area contributed by atoms with Crippen LogP contribution in [0.4, 0.5) is 0 Å². The van der Waals surface area contributed by atoms with E-state index in [0.717, 1.165) is 22.8 Å². The number of rotatable bonds is 4. The van der Waals surface area contributed by atoms with Crippen LogP contribution >= 0.6 is 34.7 Å². The van der Waals surface area contributed by atoms with Gasteiger partial charge in [0.05, 0.1) is 28.2 Å². The summed E-state index contributed by atoms with van der Waals surface area (Å²) >= 11 is 8.65. The Hall–Kier alpha value is -1.17. The highest BCUT2D eigenvalue weighted by Gasteiger charge is 2.13. The summed E-state index contributed by atoms with van der Waals surface area (Å²) in [6, 6.07) is 9.30. The smallest absolute Gasteiger partial charge is 0.183 e. The summed E-state index contributed by atoms with van der Waals surface area (Å²) in [5.41, 5.74) is 0. The van der Waals surface area contributed by atoms with Crippen LogP contribution in [0.25, 0.3) is 0 Å². The van der Waals surface area contributed by atoms with Crippen molar-refractivity contribution in [3.05, 3.63) is 39.5 Å². The van der Waals surface area contributed by atoms with Gasteiger partial charge < -0.3 is 9.47 Å². The lowest BCUT2D eigenvalue weighted by Gasteiger charge is -2.08. The number of thioether (sulfide) groups is 1. The minimum absolute atomic E-state index is 0.0870. The van der Waals surface area contributed by atoms with E-state index < -0.39 is 0 Å². The van der Waals surface area contributed by atoms with Gasteiger partial charge in [-0.25, -0.2) is 0 Å². The number of halogens is 1. The molecule has 0 saturated carbocycles. The second kappa shape index (κ2) is 6.73. The molecule has 2 heterocycles. The molecular formula is C15H13ClO3S2. The van der Waals surface area contributed by atoms with Crippen molar-refractivity contribution in [2.24, 2.45) is 0 Å². The highest BCUT2D eigenvalue weighted by atomic mass is 35.5. The van der Waals surface area contributed by atoms with Crippen molar-refractivity contribution in [3.63, 3.8) is 0 Å². The molecule has 0 amide bonds. The van der Waals surface area contributed by atoms with Gasteiger partial charge in [0.2, 0.25) is 0 Å². The molecule has 0 N–H and O–H groups in total. The Morgan fingerprint density at radius 2 is 2.00 bits per heavy atom. The fourth-order valence-electron chi connectivity index (χ4n) is 1.92. The maximum absolute atomic E-state index is 12.1. The molecule has 110 valence electrons. The van der Waals surface area contributed by atoms with Gasteiger partial charge >= 0.3 is 0 Å². The Bertz CT molecular complexity index is 654. The first kappa shape index (κ1) is 14.8. The first-order chi connectivity index (χ1) is 10.2. The van der Waals surface area contributed by atoms with E-state index in [1.54, 1.807) is 12.1 Å². The zero-order valence-electron chi connectivity index (χ0n) is 11.1. The standard InChI is InChI=1S/C15H13ClO3S2/c16-15-5-4-14(21-15)11(17)9-20-10-2-3-12-13(8-10)19-7-1-6-18-12/h2-5,8H,1,6-7,9H2. The fraction of sp³-hybridized carbons (Fsp3) is 0.267. The molecule has 3 rings (SSSR count). The predicted molar refractivity (Wildman–Crippen MR) is 86.4 cm³/mol. The van der Waals surface area contributed by atoms with Crippen LogP contribution in [0.3, 0.4) is 0 Å². The summed E-state index contributed by atoms with van der Waals surface area (Å²) in [6.07, 6.45) is 0.884. The van der Waals surface area contributed by atoms with Crippen LogP contribution in [-0.4, -0.2) is 24.7 Å². The van der Waals surface area contributed by atoms with E-state index in [1.165, 1.54) is 23.1 Å². The summed E-state index contributed by atoms with van der Waals surface area (Å²) < 4.78 is 11.9. The summed E-state index contributed by atoms with van der Waals surface area (Å²) in [5, 5.41) is 0. The van der Waals surface area contributed by atoms with E-state index >= 15 is 0 Å². The molecule has 0 atom stereocenters. The van der Waals surface area contributed by atoms with Crippen LogP contribution in [0.2, 0.25) is 4.34 Å². The number of benzene rings is 1. The molecule has 1 aromatic heterocycles. The monoisotopic (exact) mass is 340 g/mol. The molecule has 2 aromatic rings. The van der Waals surface area contributed by atoms with Crippen LogP contribution < -0.4 is 9.47 Å². The molecule has 6 heteroatoms. The third-order valence-corrected chi connectivity index (χ3v) is 5.20. The van der Waals surface area contributed by atoms with Gasteiger partial charge in [-0.05, 0) is 30.3 Å². The Morgan fingerprint density at radius 1 is 1.19 bits per heavy atom.